The smallest absolute Gasteiger partial charge is 0.354 e. The Morgan fingerprint density at radius 3 is 2.74 bits per heavy atom. The number of aromatic nitrogens is 1. The number of carbonyl (C=O) groups excluding carboxylic acids is 2. The van der Waals surface area contributed by atoms with Crippen molar-refractivity contribution in [1.82, 2.24) is 20.5 Å². The molecule has 1 fully saturated rings. The van der Waals surface area contributed by atoms with Crippen LogP contribution in [0.5, 0.6) is 0 Å². The lowest BCUT2D eigenvalue weighted by Crippen LogP contribution is -2.43. The molecule has 0 bridgehead atoms. The molecule has 144 valence electrons. The van der Waals surface area contributed by atoms with E-state index in [-0.39, 0.29) is 23.9 Å². The van der Waals surface area contributed by atoms with Crippen LogP contribution in [0.2, 0.25) is 0 Å². The van der Waals surface area contributed by atoms with Gasteiger partial charge in [-0.15, -0.1) is 11.3 Å². The van der Waals surface area contributed by atoms with Crippen LogP contribution in [-0.2, 0) is 17.5 Å². The van der Waals surface area contributed by atoms with Crippen molar-refractivity contribution in [1.29, 1.82) is 0 Å². The van der Waals surface area contributed by atoms with Gasteiger partial charge in [-0.05, 0) is 5.56 Å². The minimum absolute atomic E-state index is 0.112. The normalized spacial score (nSPS) is 18.0. The molecule has 3 amide bonds. The van der Waals surface area contributed by atoms with E-state index in [0.717, 1.165) is 22.3 Å². The second kappa shape index (κ2) is 7.95. The van der Waals surface area contributed by atoms with Gasteiger partial charge in [0.15, 0.2) is 5.69 Å². The van der Waals surface area contributed by atoms with E-state index >= 15 is 0 Å². The van der Waals surface area contributed by atoms with Crippen molar-refractivity contribution in [2.45, 2.75) is 25.2 Å². The number of thiazole rings is 1. The Balaban J connectivity index is 1.71. The van der Waals surface area contributed by atoms with Crippen molar-refractivity contribution in [3.05, 3.63) is 52.0 Å². The van der Waals surface area contributed by atoms with E-state index in [1.807, 2.05) is 30.3 Å². The van der Waals surface area contributed by atoms with Crippen molar-refractivity contribution in [3.8, 4) is 0 Å². The maximum Gasteiger partial charge on any atom is 0.434 e. The van der Waals surface area contributed by atoms with E-state index in [2.05, 4.69) is 15.6 Å². The standard InChI is InChI=1S/C17H17F3N4O2S/c18-17(19,20)13-10-27-15(23-13)9-22-16(26)24-7-6-21-14(25)8-12(24)11-4-2-1-3-5-11/h1-5,10,12H,6-9H2,(H,21,25)(H,22,26)/t12-/m0/s1. The van der Waals surface area contributed by atoms with Gasteiger partial charge in [-0.3, -0.25) is 4.79 Å². The number of nitrogens with zero attached hydrogens (tertiary/aromatic N) is 2. The zero-order chi connectivity index (χ0) is 19.4. The summed E-state index contributed by atoms with van der Waals surface area (Å²) < 4.78 is 37.9. The van der Waals surface area contributed by atoms with Crippen LogP contribution in [0.1, 0.15) is 28.7 Å². The first-order valence-corrected chi connectivity index (χ1v) is 9.10. The number of carbonyl (C=O) groups is 2. The number of hydrogen-bond donors (Lipinski definition) is 2. The highest BCUT2D eigenvalue weighted by Gasteiger charge is 2.34. The molecule has 1 aliphatic rings. The van der Waals surface area contributed by atoms with Gasteiger partial charge in [-0.2, -0.15) is 13.2 Å². The number of benzene rings is 1. The Kier molecular flexibility index (Phi) is 5.64. The molecule has 6 nitrogen and oxygen atoms in total. The number of amides is 3. The van der Waals surface area contributed by atoms with Gasteiger partial charge in [-0.1, -0.05) is 30.3 Å². The average Bonchev–Trinajstić information content (AvgIpc) is 3.04. The zero-order valence-corrected chi connectivity index (χ0v) is 14.9. The van der Waals surface area contributed by atoms with Crippen LogP contribution in [0.4, 0.5) is 18.0 Å². The number of urea groups is 1. The number of rotatable bonds is 3. The maximum absolute atomic E-state index is 12.6. The van der Waals surface area contributed by atoms with Gasteiger partial charge in [-0.25, -0.2) is 9.78 Å². The summed E-state index contributed by atoms with van der Waals surface area (Å²) in [7, 11) is 0. The minimum atomic E-state index is -4.51. The number of nitrogens with one attached hydrogen (secondary N) is 2. The van der Waals surface area contributed by atoms with Gasteiger partial charge in [0.2, 0.25) is 5.91 Å². The van der Waals surface area contributed by atoms with Gasteiger partial charge in [0.1, 0.15) is 5.01 Å². The van der Waals surface area contributed by atoms with E-state index in [1.165, 1.54) is 4.90 Å². The van der Waals surface area contributed by atoms with E-state index in [1.54, 1.807) is 0 Å². The zero-order valence-electron chi connectivity index (χ0n) is 14.1. The average molecular weight is 398 g/mol. The summed E-state index contributed by atoms with van der Waals surface area (Å²) >= 11 is 0.836. The van der Waals surface area contributed by atoms with Gasteiger partial charge in [0.05, 0.1) is 19.0 Å². The molecular weight excluding hydrogens is 381 g/mol. The first-order valence-electron chi connectivity index (χ1n) is 8.22. The fraction of sp³-hybridized carbons (Fsp3) is 0.353. The molecule has 0 aliphatic carbocycles. The van der Waals surface area contributed by atoms with Crippen LogP contribution in [0, 0.1) is 0 Å². The van der Waals surface area contributed by atoms with E-state index < -0.39 is 23.9 Å². The molecule has 27 heavy (non-hydrogen) atoms. The van der Waals surface area contributed by atoms with Crippen LogP contribution in [0.3, 0.4) is 0 Å². The molecule has 0 spiro atoms. The topological polar surface area (TPSA) is 74.3 Å². The van der Waals surface area contributed by atoms with Crippen molar-refractivity contribution in [2.75, 3.05) is 13.1 Å². The van der Waals surface area contributed by atoms with Crippen LogP contribution < -0.4 is 10.6 Å². The molecule has 0 unspecified atom stereocenters. The third-order valence-corrected chi connectivity index (χ3v) is 4.96. The van der Waals surface area contributed by atoms with Gasteiger partial charge >= 0.3 is 12.2 Å². The maximum atomic E-state index is 12.6. The Bertz CT molecular complexity index is 810. The van der Waals surface area contributed by atoms with Crippen LogP contribution in [0.25, 0.3) is 0 Å². The number of halogens is 3. The van der Waals surface area contributed by atoms with Crippen molar-refractivity contribution in [2.24, 2.45) is 0 Å². The largest absolute Gasteiger partial charge is 0.434 e. The highest BCUT2D eigenvalue weighted by Crippen LogP contribution is 2.30. The molecule has 10 heteroatoms. The Morgan fingerprint density at radius 2 is 2.07 bits per heavy atom. The second-order valence-electron chi connectivity index (χ2n) is 5.96. The minimum Gasteiger partial charge on any atom is -0.354 e. The SMILES string of the molecule is O=C1C[C@@H](c2ccccc2)N(C(=O)NCc2nc(C(F)(F)F)cs2)CCN1. The number of hydrogen-bond acceptors (Lipinski definition) is 4. The molecule has 0 saturated carbocycles. The van der Waals surface area contributed by atoms with Gasteiger partial charge in [0, 0.05) is 18.5 Å². The first-order chi connectivity index (χ1) is 12.8. The molecule has 1 aliphatic heterocycles. The molecule has 1 aromatic carbocycles. The summed E-state index contributed by atoms with van der Waals surface area (Å²) in [5.41, 5.74) is -0.151. The quantitative estimate of drug-likeness (QED) is 0.835. The highest BCUT2D eigenvalue weighted by molar-refractivity contribution is 7.09. The van der Waals surface area contributed by atoms with E-state index in [9.17, 15) is 22.8 Å². The molecule has 1 saturated heterocycles. The molecule has 0 radical (unpaired) electrons. The van der Waals surface area contributed by atoms with E-state index in [4.69, 9.17) is 0 Å². The summed E-state index contributed by atoms with van der Waals surface area (Å²) in [6.07, 6.45) is -4.39. The lowest BCUT2D eigenvalue weighted by atomic mass is 10.0. The highest BCUT2D eigenvalue weighted by atomic mass is 32.1. The van der Waals surface area contributed by atoms with Crippen LogP contribution in [-0.4, -0.2) is 34.9 Å². The molecule has 2 N–H and O–H groups in total. The monoisotopic (exact) mass is 398 g/mol. The third-order valence-electron chi connectivity index (χ3n) is 4.11. The summed E-state index contributed by atoms with van der Waals surface area (Å²) in [6.45, 7) is 0.493. The fourth-order valence-electron chi connectivity index (χ4n) is 2.82. The molecule has 3 rings (SSSR count). The fourth-order valence-corrected chi connectivity index (χ4v) is 3.56. The Labute approximate surface area is 157 Å². The predicted molar refractivity (Wildman–Crippen MR) is 92.9 cm³/mol. The summed E-state index contributed by atoms with van der Waals surface area (Å²) in [5.74, 6) is -0.158. The van der Waals surface area contributed by atoms with Crippen LogP contribution >= 0.6 is 11.3 Å². The van der Waals surface area contributed by atoms with Crippen molar-refractivity contribution in [3.63, 3.8) is 0 Å². The Morgan fingerprint density at radius 1 is 1.33 bits per heavy atom. The molecular formula is C17H17F3N4O2S. The van der Waals surface area contributed by atoms with Crippen molar-refractivity contribution >= 4 is 23.3 Å². The molecule has 2 heterocycles. The van der Waals surface area contributed by atoms with Crippen molar-refractivity contribution < 1.29 is 22.8 Å². The lowest BCUT2D eigenvalue weighted by Gasteiger charge is -2.29. The molecule has 1 aromatic heterocycles. The summed E-state index contributed by atoms with van der Waals surface area (Å²) in [6, 6.07) is 8.25. The number of alkyl halides is 3. The molecule has 2 aromatic rings. The van der Waals surface area contributed by atoms with Crippen LogP contribution in [0.15, 0.2) is 35.7 Å². The second-order valence-corrected chi connectivity index (χ2v) is 6.90. The Hall–Kier alpha value is -2.62. The molecule has 1 atom stereocenters. The lowest BCUT2D eigenvalue weighted by molar-refractivity contribution is -0.140. The third kappa shape index (κ3) is 4.76. The van der Waals surface area contributed by atoms with Gasteiger partial charge < -0.3 is 15.5 Å². The summed E-state index contributed by atoms with van der Waals surface area (Å²) in [5, 5.41) is 6.41. The van der Waals surface area contributed by atoms with E-state index in [0.29, 0.717) is 13.1 Å². The predicted octanol–water partition coefficient (Wildman–Crippen LogP) is 2.93. The van der Waals surface area contributed by atoms with Gasteiger partial charge in [0.25, 0.3) is 0 Å². The summed E-state index contributed by atoms with van der Waals surface area (Å²) in [4.78, 5) is 29.6. The first kappa shape index (κ1) is 19.2.